The first-order chi connectivity index (χ1) is 8.70. The van der Waals surface area contributed by atoms with Gasteiger partial charge in [-0.2, -0.15) is 4.98 Å². The molecule has 2 aromatic rings. The number of nitrogens with zero attached hydrogens (tertiary/aromatic N) is 2. The van der Waals surface area contributed by atoms with Crippen LogP contribution >= 0.6 is 11.8 Å². The highest BCUT2D eigenvalue weighted by Crippen LogP contribution is 2.35. The van der Waals surface area contributed by atoms with Crippen molar-refractivity contribution in [3.63, 3.8) is 0 Å². The zero-order valence-corrected chi connectivity index (χ0v) is 11.5. The van der Waals surface area contributed by atoms with E-state index in [1.807, 2.05) is 18.2 Å². The second-order valence-corrected chi connectivity index (χ2v) is 5.25. The average molecular weight is 264 g/mol. The number of rotatable bonds is 5. The number of para-hydroxylation sites is 1. The Morgan fingerprint density at radius 1 is 1.39 bits per heavy atom. The van der Waals surface area contributed by atoms with E-state index in [-0.39, 0.29) is 0 Å². The van der Waals surface area contributed by atoms with Crippen LogP contribution in [0, 0.1) is 6.92 Å². The molecule has 5 heteroatoms. The van der Waals surface area contributed by atoms with E-state index in [1.54, 1.807) is 25.8 Å². The van der Waals surface area contributed by atoms with Gasteiger partial charge in [0.05, 0.1) is 12.9 Å². The number of aromatic nitrogens is 2. The van der Waals surface area contributed by atoms with E-state index in [1.165, 1.54) is 5.56 Å². The SMILES string of the molecule is COc1ccccc1[C@@H](C)SCc1noc(C)n1. The third kappa shape index (κ3) is 3.04. The van der Waals surface area contributed by atoms with Crippen molar-refractivity contribution >= 4 is 11.8 Å². The van der Waals surface area contributed by atoms with Crippen LogP contribution in [0.2, 0.25) is 0 Å². The van der Waals surface area contributed by atoms with Crippen LogP contribution in [0.15, 0.2) is 28.8 Å². The minimum absolute atomic E-state index is 0.319. The van der Waals surface area contributed by atoms with E-state index in [0.717, 1.165) is 17.3 Å². The Balaban J connectivity index is 2.01. The van der Waals surface area contributed by atoms with Gasteiger partial charge in [0.1, 0.15) is 5.75 Å². The lowest BCUT2D eigenvalue weighted by atomic mass is 10.1. The standard InChI is InChI=1S/C13H16N2O2S/c1-9(11-6-4-5-7-12(11)16-3)18-8-13-14-10(2)17-15-13/h4-7,9H,8H2,1-3H3/t9-/m1/s1. The van der Waals surface area contributed by atoms with E-state index in [0.29, 0.717) is 11.1 Å². The molecule has 0 unspecified atom stereocenters. The van der Waals surface area contributed by atoms with E-state index >= 15 is 0 Å². The Hall–Kier alpha value is -1.49. The molecule has 0 radical (unpaired) electrons. The molecule has 1 heterocycles. The van der Waals surface area contributed by atoms with Crippen LogP contribution in [0.25, 0.3) is 0 Å². The molecule has 1 aromatic carbocycles. The number of aryl methyl sites for hydroxylation is 1. The molecule has 0 aliphatic rings. The van der Waals surface area contributed by atoms with Gasteiger partial charge in [0.2, 0.25) is 5.89 Å². The molecule has 2 rings (SSSR count). The highest BCUT2D eigenvalue weighted by molar-refractivity contribution is 7.98. The summed E-state index contributed by atoms with van der Waals surface area (Å²) in [4.78, 5) is 4.19. The zero-order valence-electron chi connectivity index (χ0n) is 10.7. The summed E-state index contributed by atoms with van der Waals surface area (Å²) in [7, 11) is 1.69. The Labute approximate surface area is 111 Å². The molecule has 0 bridgehead atoms. The maximum atomic E-state index is 5.36. The van der Waals surface area contributed by atoms with Gasteiger partial charge in [-0.1, -0.05) is 23.4 Å². The second-order valence-electron chi connectivity index (χ2n) is 3.92. The van der Waals surface area contributed by atoms with Gasteiger partial charge in [-0.05, 0) is 13.0 Å². The molecule has 1 aromatic heterocycles. The number of ether oxygens (including phenoxy) is 1. The quantitative estimate of drug-likeness (QED) is 0.828. The molecule has 96 valence electrons. The maximum absolute atomic E-state index is 5.36. The smallest absolute Gasteiger partial charge is 0.223 e. The summed E-state index contributed by atoms with van der Waals surface area (Å²) < 4.78 is 10.3. The first-order valence-electron chi connectivity index (χ1n) is 5.74. The lowest BCUT2D eigenvalue weighted by Crippen LogP contribution is -1.95. The molecule has 0 saturated carbocycles. The van der Waals surface area contributed by atoms with E-state index in [9.17, 15) is 0 Å². The van der Waals surface area contributed by atoms with Crippen molar-refractivity contribution in [1.29, 1.82) is 0 Å². The normalized spacial score (nSPS) is 12.4. The minimum atomic E-state index is 0.319. The van der Waals surface area contributed by atoms with Crippen LogP contribution in [-0.4, -0.2) is 17.3 Å². The van der Waals surface area contributed by atoms with Gasteiger partial charge in [0.15, 0.2) is 5.82 Å². The summed E-state index contributed by atoms with van der Waals surface area (Å²) in [6.07, 6.45) is 0. The van der Waals surface area contributed by atoms with Gasteiger partial charge < -0.3 is 9.26 Å². The topological polar surface area (TPSA) is 48.2 Å². The number of methoxy groups -OCH3 is 1. The highest BCUT2D eigenvalue weighted by Gasteiger charge is 2.12. The van der Waals surface area contributed by atoms with Crippen LogP contribution in [0.5, 0.6) is 5.75 Å². The number of hydrogen-bond donors (Lipinski definition) is 0. The van der Waals surface area contributed by atoms with Crippen LogP contribution in [0.1, 0.15) is 29.5 Å². The molecule has 1 atom stereocenters. The molecular formula is C13H16N2O2S. The Morgan fingerprint density at radius 3 is 2.83 bits per heavy atom. The van der Waals surface area contributed by atoms with Crippen molar-refractivity contribution in [1.82, 2.24) is 10.1 Å². The fourth-order valence-corrected chi connectivity index (χ4v) is 2.58. The van der Waals surface area contributed by atoms with Gasteiger partial charge in [0.25, 0.3) is 0 Å². The van der Waals surface area contributed by atoms with Gasteiger partial charge in [-0.3, -0.25) is 0 Å². The Bertz CT molecular complexity index is 513. The zero-order chi connectivity index (χ0) is 13.0. The van der Waals surface area contributed by atoms with Crippen LogP contribution in [-0.2, 0) is 5.75 Å². The number of thioether (sulfide) groups is 1. The molecule has 0 fully saturated rings. The lowest BCUT2D eigenvalue weighted by molar-refractivity contribution is 0.389. The fraction of sp³-hybridized carbons (Fsp3) is 0.385. The summed E-state index contributed by atoms with van der Waals surface area (Å²) in [6, 6.07) is 8.05. The summed E-state index contributed by atoms with van der Waals surface area (Å²) in [5, 5.41) is 4.21. The summed E-state index contributed by atoms with van der Waals surface area (Å²) in [6.45, 7) is 3.94. The van der Waals surface area contributed by atoms with Crippen molar-refractivity contribution in [3.05, 3.63) is 41.5 Å². The monoisotopic (exact) mass is 264 g/mol. The average Bonchev–Trinajstić information content (AvgIpc) is 2.81. The van der Waals surface area contributed by atoms with Crippen molar-refractivity contribution in [3.8, 4) is 5.75 Å². The predicted octanol–water partition coefficient (Wildman–Crippen LogP) is 3.38. The van der Waals surface area contributed by atoms with Crippen LogP contribution in [0.3, 0.4) is 0 Å². The Kier molecular flexibility index (Phi) is 4.25. The van der Waals surface area contributed by atoms with Crippen molar-refractivity contribution in [2.45, 2.75) is 24.9 Å². The van der Waals surface area contributed by atoms with E-state index in [4.69, 9.17) is 9.26 Å². The molecular weight excluding hydrogens is 248 g/mol. The first-order valence-corrected chi connectivity index (χ1v) is 6.79. The third-order valence-electron chi connectivity index (χ3n) is 2.61. The second kappa shape index (κ2) is 5.91. The molecule has 0 saturated heterocycles. The largest absolute Gasteiger partial charge is 0.496 e. The summed E-state index contributed by atoms with van der Waals surface area (Å²) in [5.74, 6) is 2.99. The summed E-state index contributed by atoms with van der Waals surface area (Å²) in [5.41, 5.74) is 1.19. The Morgan fingerprint density at radius 2 is 2.17 bits per heavy atom. The van der Waals surface area contributed by atoms with Crippen molar-refractivity contribution in [2.24, 2.45) is 0 Å². The number of benzene rings is 1. The minimum Gasteiger partial charge on any atom is -0.496 e. The fourth-order valence-electron chi connectivity index (χ4n) is 1.69. The van der Waals surface area contributed by atoms with Gasteiger partial charge in [0, 0.05) is 17.7 Å². The van der Waals surface area contributed by atoms with Gasteiger partial charge in [-0.15, -0.1) is 11.8 Å². The van der Waals surface area contributed by atoms with E-state index < -0.39 is 0 Å². The van der Waals surface area contributed by atoms with Gasteiger partial charge in [-0.25, -0.2) is 0 Å². The summed E-state index contributed by atoms with van der Waals surface area (Å²) >= 11 is 1.76. The van der Waals surface area contributed by atoms with E-state index in [2.05, 4.69) is 23.1 Å². The lowest BCUT2D eigenvalue weighted by Gasteiger charge is -2.14. The maximum Gasteiger partial charge on any atom is 0.223 e. The van der Waals surface area contributed by atoms with Crippen LogP contribution < -0.4 is 4.74 Å². The van der Waals surface area contributed by atoms with Crippen LogP contribution in [0.4, 0.5) is 0 Å². The predicted molar refractivity (Wildman–Crippen MR) is 71.7 cm³/mol. The van der Waals surface area contributed by atoms with Gasteiger partial charge >= 0.3 is 0 Å². The molecule has 0 aliphatic carbocycles. The van der Waals surface area contributed by atoms with Crippen molar-refractivity contribution < 1.29 is 9.26 Å². The van der Waals surface area contributed by atoms with Crippen molar-refractivity contribution in [2.75, 3.05) is 7.11 Å². The first kappa shape index (κ1) is 13.0. The highest BCUT2D eigenvalue weighted by atomic mass is 32.2. The molecule has 0 aliphatic heterocycles. The molecule has 0 N–H and O–H groups in total. The molecule has 18 heavy (non-hydrogen) atoms. The molecule has 0 spiro atoms. The molecule has 0 amide bonds. The molecule has 4 nitrogen and oxygen atoms in total. The third-order valence-corrected chi connectivity index (χ3v) is 3.79. The number of hydrogen-bond acceptors (Lipinski definition) is 5.